The van der Waals surface area contributed by atoms with E-state index in [1.807, 2.05) is 9.80 Å². The molecule has 1 N–H and O–H groups in total. The second kappa shape index (κ2) is 11.4. The quantitative estimate of drug-likeness (QED) is 0.497. The highest BCUT2D eigenvalue weighted by molar-refractivity contribution is 7.92. The van der Waals surface area contributed by atoms with E-state index in [9.17, 15) is 22.4 Å². The number of carbonyl (C=O) groups is 2. The van der Waals surface area contributed by atoms with Crippen LogP contribution in [-0.2, 0) is 10.0 Å². The maximum Gasteiger partial charge on any atom is 0.261 e. The molecule has 2 aliphatic rings. The van der Waals surface area contributed by atoms with Crippen molar-refractivity contribution in [1.29, 1.82) is 0 Å². The number of sulfonamides is 1. The largest absolute Gasteiger partial charge is 0.367 e. The minimum atomic E-state index is -3.82. The van der Waals surface area contributed by atoms with Gasteiger partial charge in [0.25, 0.3) is 21.8 Å². The summed E-state index contributed by atoms with van der Waals surface area (Å²) in [4.78, 5) is 32.2. The summed E-state index contributed by atoms with van der Waals surface area (Å²) in [6.45, 7) is 3.11. The Morgan fingerprint density at radius 1 is 0.718 bits per heavy atom. The maximum absolute atomic E-state index is 13.7. The Balaban J connectivity index is 1.38. The molecule has 0 bridgehead atoms. The lowest BCUT2D eigenvalue weighted by molar-refractivity contribution is 0.0718. The van der Waals surface area contributed by atoms with E-state index in [-0.39, 0.29) is 16.7 Å². The van der Waals surface area contributed by atoms with Crippen LogP contribution in [0.5, 0.6) is 0 Å². The molecule has 0 radical (unpaired) electrons. The molecule has 0 atom stereocenters. The van der Waals surface area contributed by atoms with Crippen molar-refractivity contribution in [2.24, 2.45) is 0 Å². The van der Waals surface area contributed by atoms with Gasteiger partial charge in [-0.15, -0.1) is 0 Å². The van der Waals surface area contributed by atoms with E-state index < -0.39 is 15.8 Å². The fourth-order valence-corrected chi connectivity index (χ4v) is 6.15. The van der Waals surface area contributed by atoms with Crippen molar-refractivity contribution in [3.8, 4) is 0 Å². The normalized spacial score (nSPS) is 16.2. The summed E-state index contributed by atoms with van der Waals surface area (Å²) in [6, 6.07) is 18.8. The molecule has 2 fully saturated rings. The first-order valence-electron chi connectivity index (χ1n) is 13.1. The van der Waals surface area contributed by atoms with Crippen LogP contribution in [0, 0.1) is 5.82 Å². The number of halogens is 1. The molecule has 5 rings (SSSR count). The fraction of sp³-hybridized carbons (Fsp3) is 0.310. The lowest BCUT2D eigenvalue weighted by atomic mass is 10.1. The van der Waals surface area contributed by atoms with Crippen LogP contribution in [0.3, 0.4) is 0 Å². The van der Waals surface area contributed by atoms with Crippen LogP contribution in [0.1, 0.15) is 40.0 Å². The minimum absolute atomic E-state index is 0.135. The summed E-state index contributed by atoms with van der Waals surface area (Å²) >= 11 is 0. The highest BCUT2D eigenvalue weighted by Crippen LogP contribution is 2.29. The SMILES string of the molecule is O=C(c1cccc(F)c1)N1CCN(c2ccc(NS(=O)(=O)c3ccccc3)cc2C(=O)N2CCCCC2)CC1. The van der Waals surface area contributed by atoms with Gasteiger partial charge in [-0.3, -0.25) is 14.3 Å². The van der Waals surface area contributed by atoms with E-state index in [1.54, 1.807) is 47.4 Å². The number of hydrogen-bond acceptors (Lipinski definition) is 5. The molecule has 8 nitrogen and oxygen atoms in total. The monoisotopic (exact) mass is 550 g/mol. The minimum Gasteiger partial charge on any atom is -0.367 e. The van der Waals surface area contributed by atoms with E-state index in [0.29, 0.717) is 61.8 Å². The van der Waals surface area contributed by atoms with Crippen LogP contribution in [0.2, 0.25) is 0 Å². The molecule has 0 unspecified atom stereocenters. The van der Waals surface area contributed by atoms with Crippen molar-refractivity contribution in [1.82, 2.24) is 9.80 Å². The highest BCUT2D eigenvalue weighted by Gasteiger charge is 2.28. The average molecular weight is 551 g/mol. The van der Waals surface area contributed by atoms with Crippen LogP contribution >= 0.6 is 0 Å². The topological polar surface area (TPSA) is 90.0 Å². The Kier molecular flexibility index (Phi) is 7.83. The van der Waals surface area contributed by atoms with Gasteiger partial charge in [0.2, 0.25) is 0 Å². The van der Waals surface area contributed by atoms with Gasteiger partial charge in [-0.2, -0.15) is 0 Å². The van der Waals surface area contributed by atoms with Crippen LogP contribution in [0.4, 0.5) is 15.8 Å². The molecule has 3 aromatic carbocycles. The lowest BCUT2D eigenvalue weighted by Gasteiger charge is -2.37. The number of rotatable bonds is 6. The van der Waals surface area contributed by atoms with Gasteiger partial charge in [-0.05, 0) is 67.8 Å². The van der Waals surface area contributed by atoms with Crippen LogP contribution in [0.25, 0.3) is 0 Å². The van der Waals surface area contributed by atoms with Crippen LogP contribution in [0.15, 0.2) is 77.7 Å². The third-order valence-corrected chi connectivity index (χ3v) is 8.55. The number of amides is 2. The standard InChI is InChI=1S/C29H31FN4O4S/c30-23-9-7-8-22(20-23)28(35)34-18-16-32(17-19-34)27-13-12-24(31-39(37,38)25-10-3-1-4-11-25)21-26(27)29(36)33-14-5-2-6-15-33/h1,3-4,7-13,20-21,31H,2,5-6,14-19H2. The van der Waals surface area contributed by atoms with Gasteiger partial charge in [0, 0.05) is 56.2 Å². The average Bonchev–Trinajstić information content (AvgIpc) is 2.97. The van der Waals surface area contributed by atoms with Crippen molar-refractivity contribution < 1.29 is 22.4 Å². The van der Waals surface area contributed by atoms with Crippen molar-refractivity contribution in [3.05, 3.63) is 89.7 Å². The molecule has 39 heavy (non-hydrogen) atoms. The van der Waals surface area contributed by atoms with Gasteiger partial charge in [-0.25, -0.2) is 12.8 Å². The Bertz CT molecular complexity index is 1450. The first-order chi connectivity index (χ1) is 18.8. The van der Waals surface area contributed by atoms with Gasteiger partial charge < -0.3 is 14.7 Å². The zero-order valence-corrected chi connectivity index (χ0v) is 22.4. The molecule has 0 aliphatic carbocycles. The summed E-state index contributed by atoms with van der Waals surface area (Å²) in [5.74, 6) is -0.823. The van der Waals surface area contributed by atoms with Crippen molar-refractivity contribution in [3.63, 3.8) is 0 Å². The maximum atomic E-state index is 13.7. The number of anilines is 2. The number of nitrogens with one attached hydrogen (secondary N) is 1. The second-order valence-electron chi connectivity index (χ2n) is 9.79. The zero-order chi connectivity index (χ0) is 27.4. The number of piperazine rings is 1. The predicted octanol–water partition coefficient (Wildman–Crippen LogP) is 4.22. The lowest BCUT2D eigenvalue weighted by Crippen LogP contribution is -2.49. The van der Waals surface area contributed by atoms with E-state index in [4.69, 9.17) is 0 Å². The Labute approximate surface area is 228 Å². The van der Waals surface area contributed by atoms with Crippen molar-refractivity contribution in [2.45, 2.75) is 24.2 Å². The van der Waals surface area contributed by atoms with E-state index in [2.05, 4.69) is 4.72 Å². The molecule has 2 amide bonds. The summed E-state index contributed by atoms with van der Waals surface area (Å²) in [5.41, 5.74) is 1.74. The zero-order valence-electron chi connectivity index (χ0n) is 21.6. The highest BCUT2D eigenvalue weighted by atomic mass is 32.2. The molecule has 0 spiro atoms. The summed E-state index contributed by atoms with van der Waals surface area (Å²) in [7, 11) is -3.82. The molecule has 10 heteroatoms. The smallest absolute Gasteiger partial charge is 0.261 e. The van der Waals surface area contributed by atoms with Gasteiger partial charge >= 0.3 is 0 Å². The number of benzene rings is 3. The summed E-state index contributed by atoms with van der Waals surface area (Å²) in [5, 5.41) is 0. The van der Waals surface area contributed by atoms with Gasteiger partial charge in [0.1, 0.15) is 5.82 Å². The van der Waals surface area contributed by atoms with Crippen LogP contribution in [-0.4, -0.2) is 69.3 Å². The molecule has 2 heterocycles. The number of carbonyl (C=O) groups excluding carboxylic acids is 2. The molecule has 0 saturated carbocycles. The molecule has 204 valence electrons. The summed E-state index contributed by atoms with van der Waals surface area (Å²) < 4.78 is 42.1. The van der Waals surface area contributed by atoms with E-state index in [1.165, 1.54) is 30.3 Å². The van der Waals surface area contributed by atoms with Gasteiger partial charge in [0.05, 0.1) is 10.5 Å². The number of nitrogens with zero attached hydrogens (tertiary/aromatic N) is 3. The van der Waals surface area contributed by atoms with Crippen molar-refractivity contribution >= 4 is 33.2 Å². The number of likely N-dealkylation sites (tertiary alicyclic amines) is 1. The van der Waals surface area contributed by atoms with E-state index in [0.717, 1.165) is 19.3 Å². The summed E-state index contributed by atoms with van der Waals surface area (Å²) in [6.07, 6.45) is 2.94. The second-order valence-corrected chi connectivity index (χ2v) is 11.5. The third-order valence-electron chi connectivity index (χ3n) is 7.16. The first-order valence-corrected chi connectivity index (χ1v) is 14.6. The first kappa shape index (κ1) is 26.7. The van der Waals surface area contributed by atoms with Crippen molar-refractivity contribution in [2.75, 3.05) is 48.9 Å². The van der Waals surface area contributed by atoms with Gasteiger partial charge in [-0.1, -0.05) is 24.3 Å². The third kappa shape index (κ3) is 6.06. The molecular weight excluding hydrogens is 519 g/mol. The molecule has 2 saturated heterocycles. The molecule has 0 aromatic heterocycles. The van der Waals surface area contributed by atoms with E-state index >= 15 is 0 Å². The fourth-order valence-electron chi connectivity index (χ4n) is 5.08. The number of hydrogen-bond donors (Lipinski definition) is 1. The van der Waals surface area contributed by atoms with Gasteiger partial charge in [0.15, 0.2) is 0 Å². The molecule has 3 aromatic rings. The number of piperidine rings is 1. The molecular formula is C29H31FN4O4S. The Hall–Kier alpha value is -3.92. The Morgan fingerprint density at radius 3 is 2.10 bits per heavy atom. The predicted molar refractivity (Wildman–Crippen MR) is 148 cm³/mol. The molecule has 2 aliphatic heterocycles. The Morgan fingerprint density at radius 2 is 1.41 bits per heavy atom. The van der Waals surface area contributed by atoms with Crippen LogP contribution < -0.4 is 9.62 Å².